The van der Waals surface area contributed by atoms with Crippen molar-refractivity contribution in [2.45, 2.75) is 19.0 Å². The molecular weight excluding hydrogens is 427 g/mol. The molecule has 1 heterocycles. The van der Waals surface area contributed by atoms with E-state index in [9.17, 15) is 32.7 Å². The Bertz CT molecular complexity index is 1270. The molecule has 7 nitrogen and oxygen atoms in total. The van der Waals surface area contributed by atoms with Crippen LogP contribution in [0.25, 0.3) is 10.9 Å². The van der Waals surface area contributed by atoms with E-state index >= 15 is 0 Å². The van der Waals surface area contributed by atoms with Crippen LogP contribution in [0.5, 0.6) is 5.75 Å². The van der Waals surface area contributed by atoms with Gasteiger partial charge in [-0.15, -0.1) is 0 Å². The van der Waals surface area contributed by atoms with E-state index in [2.05, 4.69) is 5.32 Å². The lowest BCUT2D eigenvalue weighted by molar-refractivity contribution is -0.138. The number of nitrogens with one attached hydrogen (secondary N) is 1. The second-order valence-corrected chi connectivity index (χ2v) is 7.20. The predicted molar refractivity (Wildman–Crippen MR) is 111 cm³/mol. The topological polar surface area (TPSA) is 114 Å². The summed E-state index contributed by atoms with van der Waals surface area (Å²) >= 11 is 0. The molecule has 0 aliphatic rings. The monoisotopic (exact) mass is 447 g/mol. The smallest absolute Gasteiger partial charge is 0.416 e. The number of hydrogen-bond acceptors (Lipinski definition) is 4. The number of amides is 2. The van der Waals surface area contributed by atoms with E-state index in [1.807, 2.05) is 0 Å². The molecule has 10 heteroatoms. The van der Waals surface area contributed by atoms with E-state index in [1.54, 1.807) is 0 Å². The van der Waals surface area contributed by atoms with Gasteiger partial charge in [0, 0.05) is 24.5 Å². The van der Waals surface area contributed by atoms with Gasteiger partial charge in [0.05, 0.1) is 16.6 Å². The fourth-order valence-electron chi connectivity index (χ4n) is 3.50. The lowest BCUT2D eigenvalue weighted by atomic mass is 10.0. The summed E-state index contributed by atoms with van der Waals surface area (Å²) in [4.78, 5) is 36.6. The third kappa shape index (κ3) is 4.43. The van der Waals surface area contributed by atoms with E-state index < -0.39 is 34.9 Å². The molecule has 168 valence electrons. The molecule has 3 rings (SSSR count). The summed E-state index contributed by atoms with van der Waals surface area (Å²) in [6.45, 7) is -0.00330. The number of nitrogens with two attached hydrogens (primary N) is 1. The normalized spacial score (nSPS) is 11.5. The number of pyridine rings is 1. The minimum Gasteiger partial charge on any atom is -0.502 e. The van der Waals surface area contributed by atoms with Crippen LogP contribution >= 0.6 is 0 Å². The zero-order valence-corrected chi connectivity index (χ0v) is 17.0. The van der Waals surface area contributed by atoms with Crippen molar-refractivity contribution >= 4 is 22.7 Å². The van der Waals surface area contributed by atoms with Gasteiger partial charge in [-0.3, -0.25) is 14.4 Å². The number of carbonyl (C=O) groups is 2. The van der Waals surface area contributed by atoms with Gasteiger partial charge in [0.2, 0.25) is 5.91 Å². The van der Waals surface area contributed by atoms with Crippen molar-refractivity contribution in [3.8, 4) is 5.75 Å². The SMILES string of the molecule is Cn1c(=O)c(O)c(C(=O)NCCCc2ccccc2C(F)(F)F)c2cc(C(N)=O)ccc21. The van der Waals surface area contributed by atoms with Crippen molar-refractivity contribution in [3.63, 3.8) is 0 Å². The van der Waals surface area contributed by atoms with E-state index in [0.717, 1.165) is 10.6 Å². The number of fused-ring (bicyclic) bond motifs is 1. The standard InChI is InChI=1S/C22H20F3N3O4/c1-28-16-9-8-13(19(26)30)11-14(16)17(18(29)21(28)32)20(31)27-10-4-6-12-5-2-3-7-15(12)22(23,24)25/h2-3,5,7-9,11,29H,4,6,10H2,1H3,(H2,26,30)(H,27,31). The van der Waals surface area contributed by atoms with Gasteiger partial charge in [-0.1, -0.05) is 18.2 Å². The maximum absolute atomic E-state index is 13.1. The summed E-state index contributed by atoms with van der Waals surface area (Å²) in [5.74, 6) is -2.35. The van der Waals surface area contributed by atoms with Gasteiger partial charge in [-0.2, -0.15) is 13.2 Å². The summed E-state index contributed by atoms with van der Waals surface area (Å²) in [5, 5.41) is 13.0. The summed E-state index contributed by atoms with van der Waals surface area (Å²) in [6.07, 6.45) is -4.23. The number of benzene rings is 2. The van der Waals surface area contributed by atoms with Crippen molar-refractivity contribution in [1.29, 1.82) is 0 Å². The quantitative estimate of drug-likeness (QED) is 0.504. The van der Waals surface area contributed by atoms with Crippen LogP contribution in [0, 0.1) is 0 Å². The highest BCUT2D eigenvalue weighted by Gasteiger charge is 2.32. The number of hydrogen-bond donors (Lipinski definition) is 3. The molecule has 0 unspecified atom stereocenters. The zero-order chi connectivity index (χ0) is 23.6. The third-order valence-electron chi connectivity index (χ3n) is 5.11. The molecular formula is C22H20F3N3O4. The fourth-order valence-corrected chi connectivity index (χ4v) is 3.50. The van der Waals surface area contributed by atoms with Crippen LogP contribution in [-0.4, -0.2) is 28.0 Å². The third-order valence-corrected chi connectivity index (χ3v) is 5.11. The second kappa shape index (κ2) is 8.74. The van der Waals surface area contributed by atoms with Gasteiger partial charge in [0.15, 0.2) is 5.75 Å². The Hall–Kier alpha value is -3.82. The Labute approximate surface area is 180 Å². The zero-order valence-electron chi connectivity index (χ0n) is 17.0. The second-order valence-electron chi connectivity index (χ2n) is 7.20. The predicted octanol–water partition coefficient (Wildman–Crippen LogP) is 2.72. The molecule has 2 amide bonds. The summed E-state index contributed by atoms with van der Waals surface area (Å²) in [5.41, 5.74) is 3.87. The van der Waals surface area contributed by atoms with Gasteiger partial charge < -0.3 is 20.7 Å². The average Bonchev–Trinajstić information content (AvgIpc) is 2.74. The number of nitrogens with zero attached hydrogens (tertiary/aromatic N) is 1. The van der Waals surface area contributed by atoms with Gasteiger partial charge in [-0.25, -0.2) is 0 Å². The molecule has 2 aromatic carbocycles. The molecule has 0 aliphatic carbocycles. The van der Waals surface area contributed by atoms with Crippen LogP contribution in [0.4, 0.5) is 13.2 Å². The lowest BCUT2D eigenvalue weighted by Gasteiger charge is -2.14. The highest BCUT2D eigenvalue weighted by Crippen LogP contribution is 2.32. The number of halogens is 3. The Balaban J connectivity index is 1.83. The van der Waals surface area contributed by atoms with Gasteiger partial charge in [0.25, 0.3) is 11.5 Å². The Kier molecular flexibility index (Phi) is 6.24. The molecule has 0 saturated heterocycles. The van der Waals surface area contributed by atoms with Gasteiger partial charge in [-0.05, 0) is 42.7 Å². The Morgan fingerprint density at radius 3 is 2.50 bits per heavy atom. The fraction of sp³-hybridized carbons (Fsp3) is 0.227. The molecule has 0 fully saturated rings. The first-order valence-corrected chi connectivity index (χ1v) is 9.61. The number of alkyl halides is 3. The molecule has 0 aliphatic heterocycles. The highest BCUT2D eigenvalue weighted by molar-refractivity contribution is 6.10. The molecule has 0 saturated carbocycles. The molecule has 4 N–H and O–H groups in total. The first-order valence-electron chi connectivity index (χ1n) is 9.61. The van der Waals surface area contributed by atoms with Crippen LogP contribution in [0.1, 0.15) is 38.3 Å². The average molecular weight is 447 g/mol. The molecule has 0 radical (unpaired) electrons. The van der Waals surface area contributed by atoms with Crippen LogP contribution < -0.4 is 16.6 Å². The maximum atomic E-state index is 13.1. The van der Waals surface area contributed by atoms with Crippen LogP contribution in [-0.2, 0) is 19.6 Å². The highest BCUT2D eigenvalue weighted by atomic mass is 19.4. The van der Waals surface area contributed by atoms with Crippen molar-refractivity contribution in [2.24, 2.45) is 12.8 Å². The van der Waals surface area contributed by atoms with Crippen molar-refractivity contribution < 1.29 is 27.9 Å². The van der Waals surface area contributed by atoms with Crippen LogP contribution in [0.15, 0.2) is 47.3 Å². The maximum Gasteiger partial charge on any atom is 0.416 e. The van der Waals surface area contributed by atoms with E-state index in [1.165, 1.54) is 43.4 Å². The van der Waals surface area contributed by atoms with Gasteiger partial charge in [0.1, 0.15) is 0 Å². The van der Waals surface area contributed by atoms with Crippen molar-refractivity contribution in [2.75, 3.05) is 6.54 Å². The lowest BCUT2D eigenvalue weighted by Crippen LogP contribution is -2.28. The van der Waals surface area contributed by atoms with Crippen LogP contribution in [0.2, 0.25) is 0 Å². The number of aromatic nitrogens is 1. The van der Waals surface area contributed by atoms with Gasteiger partial charge >= 0.3 is 6.18 Å². The van der Waals surface area contributed by atoms with E-state index in [-0.39, 0.29) is 41.5 Å². The first kappa shape index (κ1) is 22.9. The summed E-state index contributed by atoms with van der Waals surface area (Å²) in [7, 11) is 1.40. The largest absolute Gasteiger partial charge is 0.502 e. The van der Waals surface area contributed by atoms with Crippen molar-refractivity contribution in [1.82, 2.24) is 9.88 Å². The Morgan fingerprint density at radius 2 is 1.84 bits per heavy atom. The molecule has 0 bridgehead atoms. The number of carbonyl (C=O) groups excluding carboxylic acids is 2. The number of primary amides is 1. The minimum absolute atomic E-state index is 0.00330. The molecule has 1 aromatic heterocycles. The van der Waals surface area contributed by atoms with E-state index in [0.29, 0.717) is 5.52 Å². The first-order chi connectivity index (χ1) is 15.0. The number of aromatic hydroxyl groups is 1. The van der Waals surface area contributed by atoms with Crippen molar-refractivity contribution in [3.05, 3.63) is 75.1 Å². The minimum atomic E-state index is -4.48. The molecule has 0 spiro atoms. The van der Waals surface area contributed by atoms with Crippen LogP contribution in [0.3, 0.4) is 0 Å². The number of aryl methyl sites for hydroxylation is 2. The molecule has 0 atom stereocenters. The summed E-state index contributed by atoms with van der Waals surface area (Å²) in [6, 6.07) is 9.29. The summed E-state index contributed by atoms with van der Waals surface area (Å²) < 4.78 is 40.4. The molecule has 3 aromatic rings. The Morgan fingerprint density at radius 1 is 1.16 bits per heavy atom. The van der Waals surface area contributed by atoms with E-state index in [4.69, 9.17) is 5.73 Å². The number of rotatable bonds is 6. The molecule has 32 heavy (non-hydrogen) atoms.